The normalized spacial score (nSPS) is 12.8. The summed E-state index contributed by atoms with van der Waals surface area (Å²) in [6.07, 6.45) is 3.42. The fourth-order valence-corrected chi connectivity index (χ4v) is 7.97. The van der Waals surface area contributed by atoms with Crippen molar-refractivity contribution >= 4 is 60.7 Å². The molecule has 0 saturated carbocycles. The van der Waals surface area contributed by atoms with Gasteiger partial charge in [0.2, 0.25) is 0 Å². The molecule has 0 unspecified atom stereocenters. The molecule has 0 amide bonds. The summed E-state index contributed by atoms with van der Waals surface area (Å²) in [5, 5.41) is 25.7. The number of hydrogen-bond donors (Lipinski definition) is 0. The van der Waals surface area contributed by atoms with Gasteiger partial charge in [0, 0.05) is 55.0 Å². The number of nitriles is 2. The smallest absolute Gasteiger partial charge is 0.160 e. The van der Waals surface area contributed by atoms with E-state index in [2.05, 4.69) is 106 Å². The maximum absolute atomic E-state index is 10.5. The van der Waals surface area contributed by atoms with Gasteiger partial charge in [-0.1, -0.05) is 78.9 Å². The molecule has 9 aromatic rings. The largest absolute Gasteiger partial charge is 0.454 e. The van der Waals surface area contributed by atoms with E-state index in [9.17, 15) is 10.5 Å². The molecule has 5 heteroatoms. The van der Waals surface area contributed by atoms with E-state index in [-0.39, 0.29) is 0 Å². The number of furan rings is 1. The highest BCUT2D eigenvalue weighted by Gasteiger charge is 2.25. The summed E-state index contributed by atoms with van der Waals surface area (Å²) >= 11 is 0. The molecule has 0 spiro atoms. The molecule has 0 fully saturated rings. The molecule has 6 aromatic carbocycles. The summed E-state index contributed by atoms with van der Waals surface area (Å²) in [5.41, 5.74) is 12.4. The van der Waals surface area contributed by atoms with Crippen molar-refractivity contribution in [2.45, 2.75) is 12.8 Å². The monoisotopic (exact) mass is 626 g/mol. The second-order valence-corrected chi connectivity index (χ2v) is 12.6. The molecule has 1 aliphatic rings. The number of para-hydroxylation sites is 4. The van der Waals surface area contributed by atoms with Gasteiger partial charge in [-0.2, -0.15) is 10.5 Å². The Morgan fingerprint density at radius 2 is 1.37 bits per heavy atom. The maximum Gasteiger partial charge on any atom is 0.160 e. The lowest BCUT2D eigenvalue weighted by Gasteiger charge is -2.19. The Labute approximate surface area is 281 Å². The van der Waals surface area contributed by atoms with Crippen molar-refractivity contribution in [2.24, 2.45) is 0 Å². The Bertz CT molecular complexity index is 2960. The van der Waals surface area contributed by atoms with E-state index in [1.807, 2.05) is 48.5 Å². The number of rotatable bonds is 3. The molecule has 49 heavy (non-hydrogen) atoms. The Morgan fingerprint density at radius 1 is 0.592 bits per heavy atom. The van der Waals surface area contributed by atoms with Crippen LogP contribution in [-0.4, -0.2) is 9.13 Å². The molecule has 228 valence electrons. The van der Waals surface area contributed by atoms with Gasteiger partial charge in [0.15, 0.2) is 5.58 Å². The number of fused-ring (bicyclic) bond motifs is 10. The first kappa shape index (κ1) is 27.3. The van der Waals surface area contributed by atoms with Crippen molar-refractivity contribution in [3.8, 4) is 34.6 Å². The summed E-state index contributed by atoms with van der Waals surface area (Å²) < 4.78 is 11.2. The van der Waals surface area contributed by atoms with Crippen molar-refractivity contribution in [1.29, 1.82) is 10.5 Å². The molecule has 5 nitrogen and oxygen atoms in total. The molecule has 0 N–H and O–H groups in total. The summed E-state index contributed by atoms with van der Waals surface area (Å²) in [5.74, 6) is 0. The highest BCUT2D eigenvalue weighted by Crippen LogP contribution is 2.44. The van der Waals surface area contributed by atoms with E-state index in [1.54, 1.807) is 0 Å². The van der Waals surface area contributed by atoms with Crippen molar-refractivity contribution < 1.29 is 4.42 Å². The molecule has 10 rings (SSSR count). The molecule has 0 radical (unpaired) electrons. The van der Waals surface area contributed by atoms with Crippen LogP contribution in [0, 0.1) is 22.7 Å². The summed E-state index contributed by atoms with van der Waals surface area (Å²) in [7, 11) is 0. The van der Waals surface area contributed by atoms with Crippen LogP contribution in [0.2, 0.25) is 0 Å². The minimum Gasteiger partial charge on any atom is -0.454 e. The highest BCUT2D eigenvalue weighted by molar-refractivity contribution is 6.22. The zero-order chi connectivity index (χ0) is 32.6. The fourth-order valence-electron chi connectivity index (χ4n) is 7.97. The topological polar surface area (TPSA) is 70.6 Å². The van der Waals surface area contributed by atoms with E-state index >= 15 is 0 Å². The van der Waals surface area contributed by atoms with E-state index in [0.717, 1.165) is 100 Å². The number of hydrogen-bond acceptors (Lipinski definition) is 3. The van der Waals surface area contributed by atoms with Gasteiger partial charge in [-0.15, -0.1) is 0 Å². The Morgan fingerprint density at radius 3 is 2.22 bits per heavy atom. The van der Waals surface area contributed by atoms with Gasteiger partial charge >= 0.3 is 0 Å². The van der Waals surface area contributed by atoms with Gasteiger partial charge in [-0.05, 0) is 73.0 Å². The third-order valence-corrected chi connectivity index (χ3v) is 10.1. The molecule has 0 atom stereocenters. The quantitative estimate of drug-likeness (QED) is 0.196. The van der Waals surface area contributed by atoms with E-state index in [0.29, 0.717) is 12.0 Å². The molecule has 1 aliphatic carbocycles. The summed E-state index contributed by atoms with van der Waals surface area (Å²) in [6.45, 7) is 0. The lowest BCUT2D eigenvalue weighted by Crippen LogP contribution is -2.08. The van der Waals surface area contributed by atoms with Crippen LogP contribution in [-0.2, 0) is 6.42 Å². The van der Waals surface area contributed by atoms with Gasteiger partial charge in [0.25, 0.3) is 0 Å². The zero-order valence-electron chi connectivity index (χ0n) is 26.3. The van der Waals surface area contributed by atoms with Gasteiger partial charge in [-0.25, -0.2) is 0 Å². The number of allylic oxidation sites excluding steroid dienone is 1. The molecule has 3 heterocycles. The van der Waals surface area contributed by atoms with Gasteiger partial charge in [0.05, 0.1) is 33.9 Å². The van der Waals surface area contributed by atoms with Crippen LogP contribution in [0.3, 0.4) is 0 Å². The second-order valence-electron chi connectivity index (χ2n) is 12.6. The second kappa shape index (κ2) is 10.3. The third kappa shape index (κ3) is 3.85. The molecule has 0 bridgehead atoms. The fraction of sp³-hybridized carbons (Fsp3) is 0.0455. The van der Waals surface area contributed by atoms with Crippen molar-refractivity contribution in [3.05, 3.63) is 150 Å². The minimum atomic E-state index is 0.604. The minimum absolute atomic E-state index is 0.604. The molecule has 3 aromatic heterocycles. The predicted octanol–water partition coefficient (Wildman–Crippen LogP) is 11.0. The van der Waals surface area contributed by atoms with Gasteiger partial charge in [-0.3, -0.25) is 0 Å². The van der Waals surface area contributed by atoms with Crippen LogP contribution in [0.1, 0.15) is 23.2 Å². The van der Waals surface area contributed by atoms with Crippen LogP contribution < -0.4 is 0 Å². The van der Waals surface area contributed by atoms with Crippen molar-refractivity contribution in [3.63, 3.8) is 0 Å². The van der Waals surface area contributed by atoms with E-state index < -0.39 is 0 Å². The van der Waals surface area contributed by atoms with Crippen LogP contribution in [0.15, 0.2) is 137 Å². The molecule has 0 saturated heterocycles. The number of benzene rings is 6. The maximum atomic E-state index is 10.5. The average molecular weight is 627 g/mol. The van der Waals surface area contributed by atoms with E-state index in [4.69, 9.17) is 4.42 Å². The lowest BCUT2D eigenvalue weighted by atomic mass is 9.95. The Hall–Kier alpha value is -6.82. The van der Waals surface area contributed by atoms with E-state index in [1.165, 1.54) is 0 Å². The van der Waals surface area contributed by atoms with Crippen LogP contribution >= 0.6 is 0 Å². The highest BCUT2D eigenvalue weighted by atomic mass is 16.3. The third-order valence-electron chi connectivity index (χ3n) is 10.1. The first-order valence-corrected chi connectivity index (χ1v) is 16.4. The Kier molecular flexibility index (Phi) is 5.76. The predicted molar refractivity (Wildman–Crippen MR) is 197 cm³/mol. The van der Waals surface area contributed by atoms with Crippen LogP contribution in [0.5, 0.6) is 0 Å². The first-order valence-electron chi connectivity index (χ1n) is 16.4. The van der Waals surface area contributed by atoms with Crippen molar-refractivity contribution in [1.82, 2.24) is 9.13 Å². The van der Waals surface area contributed by atoms with Crippen LogP contribution in [0.4, 0.5) is 0 Å². The standard InChI is InChI=1S/C44H26N4O/c45-25-27-17-21-40-36(23-27)32-12-4-6-15-38(32)48(40)42-29(26-46)9-8-14-31(42)28-18-22-39-37(24-28)34-19-20-35-33-13-5-7-16-41(33)49-44(35)43(34)47(39)30-10-2-1-3-11-30/h1-16,18-20,22-24H,17,21H2. The zero-order valence-corrected chi connectivity index (χ0v) is 26.3. The average Bonchev–Trinajstić information content (AvgIpc) is 3.82. The molecular weight excluding hydrogens is 601 g/mol. The molecular formula is C44H26N4O. The lowest BCUT2D eigenvalue weighted by molar-refractivity contribution is 0.671. The summed E-state index contributed by atoms with van der Waals surface area (Å²) in [4.78, 5) is 0. The summed E-state index contributed by atoms with van der Waals surface area (Å²) in [6, 6.07) is 48.8. The Balaban J connectivity index is 1.29. The van der Waals surface area contributed by atoms with Crippen molar-refractivity contribution in [2.75, 3.05) is 0 Å². The van der Waals surface area contributed by atoms with Gasteiger partial charge < -0.3 is 13.6 Å². The molecule has 0 aliphatic heterocycles. The number of aromatic nitrogens is 2. The van der Waals surface area contributed by atoms with Crippen LogP contribution in [0.25, 0.3) is 83.2 Å². The SMILES string of the molecule is N#CC1=Cc2c(n(-c3c(C#N)cccc3-c3ccc4c(c3)c3ccc5c6ccccc6oc5c3n4-c3ccccc3)c3ccccc23)CC1. The van der Waals surface area contributed by atoms with Gasteiger partial charge in [0.1, 0.15) is 11.7 Å². The number of nitrogens with zero attached hydrogens (tertiary/aromatic N) is 4. The first-order chi connectivity index (χ1) is 24.2.